The Morgan fingerprint density at radius 3 is 2.58 bits per heavy atom. The van der Waals surface area contributed by atoms with Gasteiger partial charge < -0.3 is 10.6 Å². The van der Waals surface area contributed by atoms with Crippen molar-refractivity contribution < 1.29 is 13.6 Å². The Bertz CT molecular complexity index is 498. The third-order valence-electron chi connectivity index (χ3n) is 3.37. The molecule has 1 saturated carbocycles. The van der Waals surface area contributed by atoms with E-state index in [-0.39, 0.29) is 11.7 Å². The van der Waals surface area contributed by atoms with E-state index < -0.39 is 23.1 Å². The van der Waals surface area contributed by atoms with Gasteiger partial charge in [0.1, 0.15) is 11.4 Å². The van der Waals surface area contributed by atoms with E-state index in [1.54, 1.807) is 0 Å². The SMILES string of the molecule is CC(C)N(CC1CC1)C(=O)c1c(F)ccc(N)c1F. The molecule has 1 aromatic rings. The molecular weight excluding hydrogens is 250 g/mol. The summed E-state index contributed by atoms with van der Waals surface area (Å²) in [5.41, 5.74) is 4.65. The van der Waals surface area contributed by atoms with Crippen LogP contribution in [0.2, 0.25) is 0 Å². The molecule has 0 spiro atoms. The van der Waals surface area contributed by atoms with Gasteiger partial charge in [-0.15, -0.1) is 0 Å². The quantitative estimate of drug-likeness (QED) is 0.853. The van der Waals surface area contributed by atoms with Gasteiger partial charge in [-0.05, 0) is 44.7 Å². The zero-order valence-corrected chi connectivity index (χ0v) is 11.1. The predicted octanol–water partition coefficient (Wildman–Crippen LogP) is 2.81. The van der Waals surface area contributed by atoms with Gasteiger partial charge in [0.05, 0.1) is 5.69 Å². The summed E-state index contributed by atoms with van der Waals surface area (Å²) in [6.07, 6.45) is 2.14. The van der Waals surface area contributed by atoms with Crippen LogP contribution in [-0.2, 0) is 0 Å². The molecule has 0 bridgehead atoms. The first-order valence-electron chi connectivity index (χ1n) is 6.46. The normalized spacial score (nSPS) is 14.8. The molecule has 2 rings (SSSR count). The Morgan fingerprint density at radius 1 is 1.42 bits per heavy atom. The number of nitrogens with zero attached hydrogens (tertiary/aromatic N) is 1. The highest BCUT2D eigenvalue weighted by Crippen LogP contribution is 2.31. The summed E-state index contributed by atoms with van der Waals surface area (Å²) in [4.78, 5) is 13.8. The molecule has 0 aliphatic heterocycles. The van der Waals surface area contributed by atoms with Crippen molar-refractivity contribution in [1.82, 2.24) is 4.90 Å². The maximum absolute atomic E-state index is 13.9. The molecule has 19 heavy (non-hydrogen) atoms. The number of nitrogen functional groups attached to an aromatic ring is 1. The van der Waals surface area contributed by atoms with Gasteiger partial charge in [-0.3, -0.25) is 4.79 Å². The number of carbonyl (C=O) groups is 1. The van der Waals surface area contributed by atoms with Crippen LogP contribution in [0.4, 0.5) is 14.5 Å². The van der Waals surface area contributed by atoms with Crippen LogP contribution < -0.4 is 5.73 Å². The molecule has 0 unspecified atom stereocenters. The number of hydrogen-bond donors (Lipinski definition) is 1. The fourth-order valence-electron chi connectivity index (χ4n) is 2.02. The third-order valence-corrected chi connectivity index (χ3v) is 3.37. The topological polar surface area (TPSA) is 46.3 Å². The Hall–Kier alpha value is -1.65. The molecule has 0 atom stereocenters. The Balaban J connectivity index is 2.33. The van der Waals surface area contributed by atoms with Gasteiger partial charge in [0.25, 0.3) is 5.91 Å². The third kappa shape index (κ3) is 2.85. The second-order valence-electron chi connectivity index (χ2n) is 5.32. The zero-order valence-electron chi connectivity index (χ0n) is 11.1. The molecule has 0 radical (unpaired) electrons. The first kappa shape index (κ1) is 13.8. The fraction of sp³-hybridized carbons (Fsp3) is 0.500. The number of amides is 1. The van der Waals surface area contributed by atoms with Crippen LogP contribution in [0.5, 0.6) is 0 Å². The summed E-state index contributed by atoms with van der Waals surface area (Å²) in [5.74, 6) is -1.99. The van der Waals surface area contributed by atoms with Gasteiger partial charge in [-0.2, -0.15) is 0 Å². The van der Waals surface area contributed by atoms with Crippen LogP contribution in [0.1, 0.15) is 37.0 Å². The summed E-state index contributed by atoms with van der Waals surface area (Å²) in [6, 6.07) is 2.05. The molecule has 104 valence electrons. The standard InChI is InChI=1S/C14H18F2N2O/c1-8(2)18(7-9-3-4-9)14(19)12-10(15)5-6-11(17)13(12)16/h5-6,8-9H,3-4,7,17H2,1-2H3. The second kappa shape index (κ2) is 5.15. The second-order valence-corrected chi connectivity index (χ2v) is 5.32. The minimum atomic E-state index is -0.966. The first-order valence-corrected chi connectivity index (χ1v) is 6.46. The van der Waals surface area contributed by atoms with E-state index in [9.17, 15) is 13.6 Å². The van der Waals surface area contributed by atoms with Crippen LogP contribution in [0.3, 0.4) is 0 Å². The molecule has 1 aliphatic carbocycles. The van der Waals surface area contributed by atoms with Gasteiger partial charge in [-0.1, -0.05) is 0 Å². The van der Waals surface area contributed by atoms with Crippen LogP contribution in [0.25, 0.3) is 0 Å². The maximum Gasteiger partial charge on any atom is 0.260 e. The van der Waals surface area contributed by atoms with Gasteiger partial charge >= 0.3 is 0 Å². The van der Waals surface area contributed by atoms with Crippen molar-refractivity contribution in [2.75, 3.05) is 12.3 Å². The average molecular weight is 268 g/mol. The zero-order chi connectivity index (χ0) is 14.2. The summed E-state index contributed by atoms with van der Waals surface area (Å²) < 4.78 is 27.6. The van der Waals surface area contributed by atoms with E-state index in [1.807, 2.05) is 13.8 Å². The molecule has 1 aromatic carbocycles. The largest absolute Gasteiger partial charge is 0.396 e. The summed E-state index contributed by atoms with van der Waals surface area (Å²) in [6.45, 7) is 4.22. The molecule has 2 N–H and O–H groups in total. The fourth-order valence-corrected chi connectivity index (χ4v) is 2.02. The predicted molar refractivity (Wildman–Crippen MR) is 69.7 cm³/mol. The van der Waals surface area contributed by atoms with Crippen LogP contribution >= 0.6 is 0 Å². The molecule has 0 aromatic heterocycles. The highest BCUT2D eigenvalue weighted by Gasteiger charge is 2.31. The van der Waals surface area contributed by atoms with Crippen molar-refractivity contribution in [3.05, 3.63) is 29.3 Å². The summed E-state index contributed by atoms with van der Waals surface area (Å²) >= 11 is 0. The van der Waals surface area contributed by atoms with Crippen molar-refractivity contribution in [2.24, 2.45) is 5.92 Å². The highest BCUT2D eigenvalue weighted by atomic mass is 19.1. The van der Waals surface area contributed by atoms with E-state index in [2.05, 4.69) is 0 Å². The molecular formula is C14H18F2N2O. The number of anilines is 1. The number of rotatable bonds is 4. The van der Waals surface area contributed by atoms with E-state index in [0.717, 1.165) is 25.0 Å². The average Bonchev–Trinajstić information content (AvgIpc) is 3.14. The van der Waals surface area contributed by atoms with Gasteiger partial charge in [0, 0.05) is 12.6 Å². The van der Waals surface area contributed by atoms with Crippen LogP contribution in [-0.4, -0.2) is 23.4 Å². The van der Waals surface area contributed by atoms with Crippen LogP contribution in [0.15, 0.2) is 12.1 Å². The molecule has 1 amide bonds. The summed E-state index contributed by atoms with van der Waals surface area (Å²) in [5, 5.41) is 0. The Kier molecular flexibility index (Phi) is 3.73. The smallest absolute Gasteiger partial charge is 0.260 e. The number of benzene rings is 1. The van der Waals surface area contributed by atoms with Gasteiger partial charge in [0.15, 0.2) is 5.82 Å². The van der Waals surface area contributed by atoms with E-state index >= 15 is 0 Å². The summed E-state index contributed by atoms with van der Waals surface area (Å²) in [7, 11) is 0. The van der Waals surface area contributed by atoms with Crippen molar-refractivity contribution >= 4 is 11.6 Å². The minimum absolute atomic E-state index is 0.103. The van der Waals surface area contributed by atoms with E-state index in [4.69, 9.17) is 5.73 Å². The number of hydrogen-bond acceptors (Lipinski definition) is 2. The Labute approximate surface area is 111 Å². The number of nitrogens with two attached hydrogens (primary N) is 1. The molecule has 3 nitrogen and oxygen atoms in total. The lowest BCUT2D eigenvalue weighted by Crippen LogP contribution is -2.39. The van der Waals surface area contributed by atoms with E-state index in [1.165, 1.54) is 4.90 Å². The number of carbonyl (C=O) groups excluding carboxylic acids is 1. The molecule has 0 saturated heterocycles. The minimum Gasteiger partial charge on any atom is -0.396 e. The molecule has 0 heterocycles. The van der Waals surface area contributed by atoms with Crippen LogP contribution in [0, 0.1) is 17.6 Å². The molecule has 1 aliphatic rings. The van der Waals surface area contributed by atoms with Crippen molar-refractivity contribution in [1.29, 1.82) is 0 Å². The molecule has 5 heteroatoms. The lowest BCUT2D eigenvalue weighted by atomic mass is 10.1. The maximum atomic E-state index is 13.9. The van der Waals surface area contributed by atoms with Crippen molar-refractivity contribution in [3.8, 4) is 0 Å². The lowest BCUT2D eigenvalue weighted by Gasteiger charge is -2.27. The lowest BCUT2D eigenvalue weighted by molar-refractivity contribution is 0.0686. The molecule has 1 fully saturated rings. The van der Waals surface area contributed by atoms with Gasteiger partial charge in [0.2, 0.25) is 0 Å². The number of halogens is 2. The Morgan fingerprint density at radius 2 is 2.05 bits per heavy atom. The van der Waals surface area contributed by atoms with Crippen molar-refractivity contribution in [2.45, 2.75) is 32.7 Å². The monoisotopic (exact) mass is 268 g/mol. The van der Waals surface area contributed by atoms with Crippen molar-refractivity contribution in [3.63, 3.8) is 0 Å². The first-order chi connectivity index (χ1) is 8.91. The highest BCUT2D eigenvalue weighted by molar-refractivity contribution is 5.96. The van der Waals surface area contributed by atoms with Gasteiger partial charge in [-0.25, -0.2) is 8.78 Å². The van der Waals surface area contributed by atoms with E-state index in [0.29, 0.717) is 12.5 Å².